The maximum atomic E-state index is 12.6. The summed E-state index contributed by atoms with van der Waals surface area (Å²) < 4.78 is 0. The van der Waals surface area contributed by atoms with E-state index in [1.54, 1.807) is 18.2 Å². The molecule has 0 aromatic heterocycles. The van der Waals surface area contributed by atoms with Gasteiger partial charge in [-0.2, -0.15) is 0 Å². The van der Waals surface area contributed by atoms with E-state index in [1.807, 2.05) is 0 Å². The van der Waals surface area contributed by atoms with Gasteiger partial charge in [0.2, 0.25) is 0 Å². The molecular formula is C18H11Cl2NO6S. The van der Waals surface area contributed by atoms with Gasteiger partial charge in [-0.25, -0.2) is 4.79 Å². The van der Waals surface area contributed by atoms with E-state index in [1.165, 1.54) is 6.08 Å². The fourth-order valence-electron chi connectivity index (χ4n) is 2.50. The minimum atomic E-state index is -1.45. The van der Waals surface area contributed by atoms with Crippen molar-refractivity contribution in [2.24, 2.45) is 0 Å². The first-order valence-electron chi connectivity index (χ1n) is 7.66. The Morgan fingerprint density at radius 2 is 1.82 bits per heavy atom. The smallest absolute Gasteiger partial charge is 0.339 e. The van der Waals surface area contributed by atoms with Gasteiger partial charge >= 0.3 is 5.97 Å². The van der Waals surface area contributed by atoms with Crippen molar-refractivity contribution in [1.82, 2.24) is 4.90 Å². The lowest BCUT2D eigenvalue weighted by molar-refractivity contribution is -0.123. The maximum absolute atomic E-state index is 12.6. The lowest BCUT2D eigenvalue weighted by Crippen LogP contribution is -2.27. The summed E-state index contributed by atoms with van der Waals surface area (Å²) in [6, 6.07) is 6.92. The van der Waals surface area contributed by atoms with Crippen LogP contribution in [0.15, 0.2) is 35.2 Å². The molecule has 1 heterocycles. The molecule has 0 aliphatic carbocycles. The number of carboxylic acids is 1. The highest BCUT2D eigenvalue weighted by Crippen LogP contribution is 2.36. The van der Waals surface area contributed by atoms with E-state index < -0.39 is 34.2 Å². The van der Waals surface area contributed by atoms with Crippen molar-refractivity contribution in [3.63, 3.8) is 0 Å². The normalized spacial score (nSPS) is 15.5. The Kier molecular flexibility index (Phi) is 5.55. The van der Waals surface area contributed by atoms with E-state index in [0.717, 1.165) is 17.0 Å². The zero-order chi connectivity index (χ0) is 20.6. The SMILES string of the molecule is O=C(O)c1cc(/C=C2\SC(=O)N(Cc3ccc(Cl)c(Cl)c3)C2=O)cc(O)c1O. The van der Waals surface area contributed by atoms with Crippen molar-refractivity contribution in [2.45, 2.75) is 6.54 Å². The Balaban J connectivity index is 1.89. The van der Waals surface area contributed by atoms with Gasteiger partial charge in [-0.3, -0.25) is 14.5 Å². The molecule has 3 N–H and O–H groups in total. The van der Waals surface area contributed by atoms with Crippen LogP contribution in [0.5, 0.6) is 11.5 Å². The maximum Gasteiger partial charge on any atom is 0.339 e. The third kappa shape index (κ3) is 3.94. The highest BCUT2D eigenvalue weighted by atomic mass is 35.5. The second-order valence-corrected chi connectivity index (χ2v) is 7.57. The summed E-state index contributed by atoms with van der Waals surface area (Å²) in [7, 11) is 0. The van der Waals surface area contributed by atoms with Crippen molar-refractivity contribution in [1.29, 1.82) is 0 Å². The van der Waals surface area contributed by atoms with Gasteiger partial charge in [0.15, 0.2) is 11.5 Å². The standard InChI is InChI=1S/C18H11Cl2NO6S/c19-11-2-1-8(4-12(11)20)7-21-16(24)14(28-18(21)27)6-9-3-10(17(25)26)15(23)13(22)5-9/h1-6,22-23H,7H2,(H,25,26)/b14-6-. The van der Waals surface area contributed by atoms with Gasteiger partial charge in [0.25, 0.3) is 11.1 Å². The zero-order valence-corrected chi connectivity index (χ0v) is 16.2. The van der Waals surface area contributed by atoms with E-state index in [4.69, 9.17) is 28.3 Å². The molecule has 3 rings (SSSR count). The number of carbonyl (C=O) groups excluding carboxylic acids is 2. The fraction of sp³-hybridized carbons (Fsp3) is 0.0556. The molecule has 0 spiro atoms. The minimum Gasteiger partial charge on any atom is -0.504 e. The number of thioether (sulfide) groups is 1. The first-order chi connectivity index (χ1) is 13.2. The Morgan fingerprint density at radius 3 is 2.46 bits per heavy atom. The van der Waals surface area contributed by atoms with E-state index >= 15 is 0 Å². The summed E-state index contributed by atoms with van der Waals surface area (Å²) in [6.45, 7) is -0.0138. The van der Waals surface area contributed by atoms with Crippen LogP contribution in [-0.4, -0.2) is 37.3 Å². The van der Waals surface area contributed by atoms with E-state index in [-0.39, 0.29) is 17.0 Å². The molecule has 1 saturated heterocycles. The molecule has 1 fully saturated rings. The number of benzene rings is 2. The summed E-state index contributed by atoms with van der Waals surface area (Å²) in [4.78, 5) is 37.0. The number of imide groups is 1. The van der Waals surface area contributed by atoms with Crippen molar-refractivity contribution >= 4 is 58.2 Å². The number of phenols is 2. The van der Waals surface area contributed by atoms with Crippen LogP contribution < -0.4 is 0 Å². The number of hydrogen-bond acceptors (Lipinski definition) is 6. The van der Waals surface area contributed by atoms with Crippen molar-refractivity contribution in [3.05, 3.63) is 62.0 Å². The highest BCUT2D eigenvalue weighted by molar-refractivity contribution is 8.18. The van der Waals surface area contributed by atoms with Crippen LogP contribution in [0.4, 0.5) is 4.79 Å². The summed E-state index contributed by atoms with van der Waals surface area (Å²) in [6.07, 6.45) is 1.27. The van der Waals surface area contributed by atoms with Crippen molar-refractivity contribution in [2.75, 3.05) is 0 Å². The number of amides is 2. The van der Waals surface area contributed by atoms with Gasteiger partial charge in [-0.1, -0.05) is 29.3 Å². The lowest BCUT2D eigenvalue weighted by Gasteiger charge is -2.13. The molecule has 1 aliphatic rings. The van der Waals surface area contributed by atoms with Crippen LogP contribution >= 0.6 is 35.0 Å². The highest BCUT2D eigenvalue weighted by Gasteiger charge is 2.35. The molecule has 0 radical (unpaired) electrons. The quantitative estimate of drug-likeness (QED) is 0.479. The number of aromatic hydroxyl groups is 2. The number of nitrogens with zero attached hydrogens (tertiary/aromatic N) is 1. The Hall–Kier alpha value is -2.68. The lowest BCUT2D eigenvalue weighted by atomic mass is 10.1. The largest absolute Gasteiger partial charge is 0.504 e. The molecule has 2 aromatic rings. The van der Waals surface area contributed by atoms with Crippen LogP contribution in [-0.2, 0) is 11.3 Å². The molecule has 2 amide bonds. The van der Waals surface area contributed by atoms with Gasteiger partial charge in [-0.05, 0) is 53.2 Å². The molecule has 28 heavy (non-hydrogen) atoms. The van der Waals surface area contributed by atoms with Crippen LogP contribution in [0, 0.1) is 0 Å². The van der Waals surface area contributed by atoms with E-state index in [0.29, 0.717) is 27.4 Å². The summed E-state index contributed by atoms with van der Waals surface area (Å²) in [5.74, 6) is -3.46. The molecule has 0 saturated carbocycles. The number of aromatic carboxylic acids is 1. The molecule has 10 heteroatoms. The fourth-order valence-corrected chi connectivity index (χ4v) is 3.65. The minimum absolute atomic E-state index is 0.0138. The Bertz CT molecular complexity index is 1050. The number of phenolic OH excluding ortho intramolecular Hbond substituents is 1. The molecule has 7 nitrogen and oxygen atoms in total. The van der Waals surface area contributed by atoms with Crippen LogP contribution in [0.1, 0.15) is 21.5 Å². The molecule has 1 aliphatic heterocycles. The average molecular weight is 440 g/mol. The predicted octanol–water partition coefficient (Wildman–Crippen LogP) is 4.34. The second-order valence-electron chi connectivity index (χ2n) is 5.76. The average Bonchev–Trinajstić information content (AvgIpc) is 2.88. The topological polar surface area (TPSA) is 115 Å². The zero-order valence-electron chi connectivity index (χ0n) is 13.8. The van der Waals surface area contributed by atoms with E-state index in [2.05, 4.69) is 0 Å². The summed E-state index contributed by atoms with van der Waals surface area (Å²) >= 11 is 12.5. The number of rotatable bonds is 4. The molecular weight excluding hydrogens is 429 g/mol. The monoisotopic (exact) mass is 439 g/mol. The number of carboxylic acid groups (broad SMARTS) is 1. The summed E-state index contributed by atoms with van der Waals surface area (Å²) in [5, 5.41) is 28.5. The molecule has 0 atom stereocenters. The van der Waals surface area contributed by atoms with Crippen molar-refractivity contribution in [3.8, 4) is 11.5 Å². The first-order valence-corrected chi connectivity index (χ1v) is 9.23. The third-order valence-electron chi connectivity index (χ3n) is 3.84. The third-order valence-corrected chi connectivity index (χ3v) is 5.49. The van der Waals surface area contributed by atoms with Crippen molar-refractivity contribution < 1.29 is 29.7 Å². The van der Waals surface area contributed by atoms with Gasteiger partial charge in [0.1, 0.15) is 5.56 Å². The van der Waals surface area contributed by atoms with Crippen LogP contribution in [0.25, 0.3) is 6.08 Å². The Labute approximate surface area is 172 Å². The van der Waals surface area contributed by atoms with Gasteiger partial charge < -0.3 is 15.3 Å². The van der Waals surface area contributed by atoms with Crippen LogP contribution in [0.2, 0.25) is 10.0 Å². The number of hydrogen-bond donors (Lipinski definition) is 3. The molecule has 144 valence electrons. The molecule has 0 bridgehead atoms. The number of carbonyl (C=O) groups is 3. The number of halogens is 2. The van der Waals surface area contributed by atoms with Crippen LogP contribution in [0.3, 0.4) is 0 Å². The molecule has 0 unspecified atom stereocenters. The van der Waals surface area contributed by atoms with Gasteiger partial charge in [-0.15, -0.1) is 0 Å². The molecule has 2 aromatic carbocycles. The van der Waals surface area contributed by atoms with E-state index in [9.17, 15) is 24.6 Å². The predicted molar refractivity (Wildman–Crippen MR) is 105 cm³/mol. The second kappa shape index (κ2) is 7.75. The van der Waals surface area contributed by atoms with Gasteiger partial charge in [0.05, 0.1) is 21.5 Å². The Morgan fingerprint density at radius 1 is 1.11 bits per heavy atom. The van der Waals surface area contributed by atoms with Gasteiger partial charge in [0, 0.05) is 0 Å². The first kappa shape index (κ1) is 20.1. The summed E-state index contributed by atoms with van der Waals surface area (Å²) in [5.41, 5.74) is 0.224.